The highest BCUT2D eigenvalue weighted by Gasteiger charge is 2.38. The van der Waals surface area contributed by atoms with Gasteiger partial charge in [-0.1, -0.05) is 42.5 Å². The van der Waals surface area contributed by atoms with E-state index >= 15 is 0 Å². The van der Waals surface area contributed by atoms with Gasteiger partial charge < -0.3 is 19.1 Å². The van der Waals surface area contributed by atoms with Crippen molar-refractivity contribution in [2.45, 2.75) is 25.4 Å². The number of benzene rings is 2. The van der Waals surface area contributed by atoms with Gasteiger partial charge in [-0.25, -0.2) is 4.79 Å². The van der Waals surface area contributed by atoms with E-state index in [1.807, 2.05) is 30.3 Å². The number of amides is 1. The summed E-state index contributed by atoms with van der Waals surface area (Å²) >= 11 is 0. The van der Waals surface area contributed by atoms with Gasteiger partial charge >= 0.3 is 6.09 Å². The fourth-order valence-electron chi connectivity index (χ4n) is 3.10. The number of carbonyl (C=O) groups is 1. The molecule has 1 fully saturated rings. The van der Waals surface area contributed by atoms with Gasteiger partial charge in [-0.15, -0.1) is 0 Å². The van der Waals surface area contributed by atoms with E-state index in [-0.39, 0.29) is 25.4 Å². The highest BCUT2D eigenvalue weighted by Crippen LogP contribution is 2.23. The van der Waals surface area contributed by atoms with Gasteiger partial charge in [-0.2, -0.15) is 8.42 Å². The smallest absolute Gasteiger partial charge is 0.410 e. The SMILES string of the molecule is CO[C@@H]1CN(C(=O)OCc2ccccc2)C[C@H]1Oc1cccc(COS(C)(=O)=O)c1. The maximum Gasteiger partial charge on any atom is 0.410 e. The predicted molar refractivity (Wildman–Crippen MR) is 109 cm³/mol. The number of hydrogen-bond donors (Lipinski definition) is 0. The van der Waals surface area contributed by atoms with Gasteiger partial charge in [0.1, 0.15) is 24.6 Å². The van der Waals surface area contributed by atoms with E-state index < -0.39 is 16.2 Å². The van der Waals surface area contributed by atoms with Gasteiger partial charge in [0.25, 0.3) is 10.1 Å². The van der Waals surface area contributed by atoms with E-state index in [1.165, 1.54) is 0 Å². The van der Waals surface area contributed by atoms with Crippen molar-refractivity contribution in [1.29, 1.82) is 0 Å². The van der Waals surface area contributed by atoms with Crippen molar-refractivity contribution in [1.82, 2.24) is 4.90 Å². The molecule has 1 aliphatic rings. The van der Waals surface area contributed by atoms with Crippen molar-refractivity contribution in [3.8, 4) is 5.75 Å². The summed E-state index contributed by atoms with van der Waals surface area (Å²) in [7, 11) is -1.97. The largest absolute Gasteiger partial charge is 0.486 e. The van der Waals surface area contributed by atoms with Crippen LogP contribution in [0.15, 0.2) is 54.6 Å². The Bertz CT molecular complexity index is 949. The van der Waals surface area contributed by atoms with Crippen molar-refractivity contribution in [2.24, 2.45) is 0 Å². The van der Waals surface area contributed by atoms with E-state index in [0.29, 0.717) is 24.4 Å². The standard InChI is InChI=1S/C21H25NO7S/c1-26-19-12-22(21(23)27-14-16-7-4-3-5-8-16)13-20(19)29-18-10-6-9-17(11-18)15-28-30(2,24)25/h3-11,19-20H,12-15H2,1-2H3/t19-,20-/m1/s1. The third-order valence-electron chi connectivity index (χ3n) is 4.61. The molecule has 8 nitrogen and oxygen atoms in total. The minimum atomic E-state index is -3.53. The maximum absolute atomic E-state index is 12.4. The fourth-order valence-corrected chi connectivity index (χ4v) is 3.45. The number of nitrogens with zero attached hydrogens (tertiary/aromatic N) is 1. The molecule has 0 radical (unpaired) electrons. The van der Waals surface area contributed by atoms with E-state index in [0.717, 1.165) is 11.8 Å². The van der Waals surface area contributed by atoms with Crippen LogP contribution in [0.25, 0.3) is 0 Å². The molecule has 1 aliphatic heterocycles. The van der Waals surface area contributed by atoms with E-state index in [4.69, 9.17) is 18.4 Å². The summed E-state index contributed by atoms with van der Waals surface area (Å²) in [6, 6.07) is 16.4. The van der Waals surface area contributed by atoms with Crippen molar-refractivity contribution in [3.05, 3.63) is 65.7 Å². The second-order valence-corrected chi connectivity index (χ2v) is 8.63. The molecular weight excluding hydrogens is 410 g/mol. The quantitative estimate of drug-likeness (QED) is 0.589. The Labute approximate surface area is 176 Å². The molecule has 162 valence electrons. The summed E-state index contributed by atoms with van der Waals surface area (Å²) in [4.78, 5) is 14.0. The molecule has 1 saturated heterocycles. The lowest BCUT2D eigenvalue weighted by Crippen LogP contribution is -2.32. The topological polar surface area (TPSA) is 91.4 Å². The molecule has 0 bridgehead atoms. The maximum atomic E-state index is 12.4. The summed E-state index contributed by atoms with van der Waals surface area (Å²) in [5.41, 5.74) is 1.57. The average molecular weight is 435 g/mol. The number of likely N-dealkylation sites (tertiary alicyclic amines) is 1. The normalized spacial score (nSPS) is 18.9. The zero-order valence-corrected chi connectivity index (χ0v) is 17.7. The molecule has 30 heavy (non-hydrogen) atoms. The second-order valence-electron chi connectivity index (χ2n) is 6.99. The number of ether oxygens (including phenoxy) is 3. The van der Waals surface area contributed by atoms with Crippen LogP contribution >= 0.6 is 0 Å². The lowest BCUT2D eigenvalue weighted by Gasteiger charge is -2.19. The van der Waals surface area contributed by atoms with E-state index in [1.54, 1.807) is 36.3 Å². The Morgan fingerprint density at radius 3 is 2.40 bits per heavy atom. The molecule has 0 saturated carbocycles. The minimum absolute atomic E-state index is 0.0770. The van der Waals surface area contributed by atoms with Gasteiger partial charge in [0.05, 0.1) is 26.0 Å². The van der Waals surface area contributed by atoms with Crippen molar-refractivity contribution >= 4 is 16.2 Å². The van der Waals surface area contributed by atoms with Crippen LogP contribution < -0.4 is 4.74 Å². The molecule has 0 unspecified atom stereocenters. The predicted octanol–water partition coefficient (Wildman–Crippen LogP) is 2.58. The highest BCUT2D eigenvalue weighted by atomic mass is 32.2. The molecule has 0 spiro atoms. The van der Waals surface area contributed by atoms with Gasteiger partial charge in [-0.05, 0) is 23.3 Å². The first-order valence-electron chi connectivity index (χ1n) is 9.42. The summed E-state index contributed by atoms with van der Waals surface area (Å²) < 4.78 is 44.1. The van der Waals surface area contributed by atoms with Crippen LogP contribution in [0.5, 0.6) is 5.75 Å². The van der Waals surface area contributed by atoms with Gasteiger partial charge in [-0.3, -0.25) is 4.18 Å². The number of rotatable bonds is 8. The lowest BCUT2D eigenvalue weighted by atomic mass is 10.2. The number of hydrogen-bond acceptors (Lipinski definition) is 7. The molecule has 3 rings (SSSR count). The molecular formula is C21H25NO7S. The Morgan fingerprint density at radius 2 is 1.70 bits per heavy atom. The minimum Gasteiger partial charge on any atom is -0.486 e. The first kappa shape index (κ1) is 22.1. The van der Waals surface area contributed by atoms with E-state index in [2.05, 4.69) is 0 Å². The Hall–Kier alpha value is -2.62. The highest BCUT2D eigenvalue weighted by molar-refractivity contribution is 7.85. The summed E-state index contributed by atoms with van der Waals surface area (Å²) in [6.45, 7) is 0.788. The molecule has 1 heterocycles. The lowest BCUT2D eigenvalue weighted by molar-refractivity contribution is 0.0338. The summed E-state index contributed by atoms with van der Waals surface area (Å²) in [5.74, 6) is 0.538. The molecule has 2 atom stereocenters. The Morgan fingerprint density at radius 1 is 1.00 bits per heavy atom. The third-order valence-corrected chi connectivity index (χ3v) is 5.15. The van der Waals surface area contributed by atoms with Crippen LogP contribution in [0.1, 0.15) is 11.1 Å². The second kappa shape index (κ2) is 9.92. The molecule has 1 amide bonds. The summed E-state index contributed by atoms with van der Waals surface area (Å²) in [6.07, 6.45) is -0.126. The van der Waals surface area contributed by atoms with Crippen LogP contribution in [0.3, 0.4) is 0 Å². The van der Waals surface area contributed by atoms with Crippen molar-refractivity contribution in [2.75, 3.05) is 26.5 Å². The van der Waals surface area contributed by atoms with Crippen LogP contribution in [-0.2, 0) is 37.0 Å². The molecule has 0 aliphatic carbocycles. The van der Waals surface area contributed by atoms with Crippen molar-refractivity contribution in [3.63, 3.8) is 0 Å². The zero-order valence-electron chi connectivity index (χ0n) is 16.9. The molecule has 2 aromatic carbocycles. The van der Waals surface area contributed by atoms with Crippen LogP contribution in [0, 0.1) is 0 Å². The van der Waals surface area contributed by atoms with Crippen LogP contribution in [0.2, 0.25) is 0 Å². The van der Waals surface area contributed by atoms with Gasteiger partial charge in [0, 0.05) is 7.11 Å². The molecule has 2 aromatic rings. The number of carbonyl (C=O) groups excluding carboxylic acids is 1. The summed E-state index contributed by atoms with van der Waals surface area (Å²) in [5, 5.41) is 0. The van der Waals surface area contributed by atoms with Gasteiger partial charge in [0.2, 0.25) is 0 Å². The first-order chi connectivity index (χ1) is 14.3. The van der Waals surface area contributed by atoms with Gasteiger partial charge in [0.15, 0.2) is 0 Å². The van der Waals surface area contributed by atoms with Crippen LogP contribution in [-0.4, -0.2) is 58.1 Å². The van der Waals surface area contributed by atoms with Crippen molar-refractivity contribution < 1.29 is 31.6 Å². The van der Waals surface area contributed by atoms with E-state index in [9.17, 15) is 13.2 Å². The third kappa shape index (κ3) is 6.45. The zero-order chi connectivity index (χ0) is 21.6. The first-order valence-corrected chi connectivity index (χ1v) is 11.2. The monoisotopic (exact) mass is 435 g/mol. The number of methoxy groups -OCH3 is 1. The molecule has 9 heteroatoms. The van der Waals surface area contributed by atoms with Crippen LogP contribution in [0.4, 0.5) is 4.79 Å². The molecule has 0 aromatic heterocycles. The average Bonchev–Trinajstić information content (AvgIpc) is 3.14. The Balaban J connectivity index is 1.57. The Kier molecular flexibility index (Phi) is 7.30. The molecule has 0 N–H and O–H groups in total. The fraction of sp³-hybridized carbons (Fsp3) is 0.381.